The number of hydrogen-bond donors (Lipinski definition) is 0. The van der Waals surface area contributed by atoms with Crippen molar-refractivity contribution in [3.8, 4) is 6.07 Å². The first kappa shape index (κ1) is 12.1. The van der Waals surface area contributed by atoms with Gasteiger partial charge in [-0.2, -0.15) is 5.26 Å². The minimum absolute atomic E-state index is 0.0220. The molecule has 0 atom stereocenters. The van der Waals surface area contributed by atoms with E-state index in [0.29, 0.717) is 16.7 Å². The van der Waals surface area contributed by atoms with Crippen LogP contribution in [0.15, 0.2) is 66.7 Å². The number of ketones is 1. The van der Waals surface area contributed by atoms with Crippen molar-refractivity contribution in [3.63, 3.8) is 0 Å². The summed E-state index contributed by atoms with van der Waals surface area (Å²) >= 11 is 0. The van der Waals surface area contributed by atoms with E-state index in [2.05, 4.69) is 6.07 Å². The van der Waals surface area contributed by atoms with E-state index in [1.54, 1.807) is 24.3 Å². The maximum atomic E-state index is 12.6. The first-order valence-corrected chi connectivity index (χ1v) is 6.33. The lowest BCUT2D eigenvalue weighted by atomic mass is 9.95. The number of nitriles is 1. The van der Waals surface area contributed by atoms with Crippen molar-refractivity contribution in [1.82, 2.24) is 0 Å². The predicted molar refractivity (Wildman–Crippen MR) is 78.5 cm³/mol. The summed E-state index contributed by atoms with van der Waals surface area (Å²) < 4.78 is 0. The van der Waals surface area contributed by atoms with Crippen LogP contribution in [0.25, 0.3) is 10.8 Å². The molecule has 0 N–H and O–H groups in total. The second-order valence-electron chi connectivity index (χ2n) is 4.51. The van der Waals surface area contributed by atoms with Gasteiger partial charge in [0.15, 0.2) is 5.78 Å². The van der Waals surface area contributed by atoms with Gasteiger partial charge >= 0.3 is 0 Å². The topological polar surface area (TPSA) is 40.9 Å². The highest BCUT2D eigenvalue weighted by Gasteiger charge is 2.13. The van der Waals surface area contributed by atoms with Gasteiger partial charge in [-0.3, -0.25) is 4.79 Å². The summed E-state index contributed by atoms with van der Waals surface area (Å²) in [5.41, 5.74) is 1.87. The highest BCUT2D eigenvalue weighted by Crippen LogP contribution is 2.24. The zero-order valence-corrected chi connectivity index (χ0v) is 10.7. The fourth-order valence-corrected chi connectivity index (χ4v) is 2.34. The number of nitrogens with zero attached hydrogens (tertiary/aromatic N) is 1. The third-order valence-electron chi connectivity index (χ3n) is 3.33. The number of fused-ring (bicyclic) bond motifs is 1. The molecule has 0 amide bonds. The summed E-state index contributed by atoms with van der Waals surface area (Å²) in [6.07, 6.45) is 0. The van der Waals surface area contributed by atoms with E-state index in [0.717, 1.165) is 10.8 Å². The number of hydrogen-bond acceptors (Lipinski definition) is 2. The third kappa shape index (κ3) is 1.96. The number of rotatable bonds is 2. The van der Waals surface area contributed by atoms with E-state index in [-0.39, 0.29) is 5.78 Å². The van der Waals surface area contributed by atoms with Crippen LogP contribution in [-0.2, 0) is 0 Å². The van der Waals surface area contributed by atoms with Crippen molar-refractivity contribution >= 4 is 16.6 Å². The van der Waals surface area contributed by atoms with E-state index in [9.17, 15) is 4.79 Å². The Bertz CT molecular complexity index is 829. The van der Waals surface area contributed by atoms with Crippen LogP contribution < -0.4 is 0 Å². The summed E-state index contributed by atoms with van der Waals surface area (Å²) in [6.45, 7) is 0. The van der Waals surface area contributed by atoms with Crippen LogP contribution in [0.4, 0.5) is 0 Å². The monoisotopic (exact) mass is 257 g/mol. The Morgan fingerprint density at radius 2 is 1.45 bits per heavy atom. The lowest BCUT2D eigenvalue weighted by molar-refractivity contribution is 0.104. The second-order valence-corrected chi connectivity index (χ2v) is 4.51. The highest BCUT2D eigenvalue weighted by molar-refractivity contribution is 6.17. The fourth-order valence-electron chi connectivity index (χ4n) is 2.34. The number of benzene rings is 3. The van der Waals surface area contributed by atoms with Crippen molar-refractivity contribution in [2.75, 3.05) is 0 Å². The number of carbonyl (C=O) groups excluding carboxylic acids is 1. The van der Waals surface area contributed by atoms with E-state index in [4.69, 9.17) is 5.26 Å². The van der Waals surface area contributed by atoms with Crippen molar-refractivity contribution in [2.24, 2.45) is 0 Å². The third-order valence-corrected chi connectivity index (χ3v) is 3.33. The first-order valence-electron chi connectivity index (χ1n) is 6.33. The van der Waals surface area contributed by atoms with E-state index in [1.165, 1.54) is 0 Å². The SMILES string of the molecule is N#Cc1ccc(C(=O)c2ccccc2)c2ccccc12. The zero-order valence-electron chi connectivity index (χ0n) is 10.7. The molecular formula is C18H11NO. The van der Waals surface area contributed by atoms with E-state index >= 15 is 0 Å². The molecule has 0 saturated carbocycles. The lowest BCUT2D eigenvalue weighted by Crippen LogP contribution is -2.02. The Hall–Kier alpha value is -2.92. The highest BCUT2D eigenvalue weighted by atomic mass is 16.1. The smallest absolute Gasteiger partial charge is 0.193 e. The predicted octanol–water partition coefficient (Wildman–Crippen LogP) is 3.94. The van der Waals surface area contributed by atoms with Crippen LogP contribution in [0, 0.1) is 11.3 Å². The summed E-state index contributed by atoms with van der Waals surface area (Å²) in [6, 6.07) is 22.3. The Morgan fingerprint density at radius 1 is 0.800 bits per heavy atom. The Kier molecular flexibility index (Phi) is 3.02. The molecule has 0 heterocycles. The van der Waals surface area contributed by atoms with Gasteiger partial charge in [0, 0.05) is 16.5 Å². The largest absolute Gasteiger partial charge is 0.289 e. The van der Waals surface area contributed by atoms with Crippen LogP contribution in [0.3, 0.4) is 0 Å². The molecular weight excluding hydrogens is 246 g/mol. The average molecular weight is 257 g/mol. The minimum Gasteiger partial charge on any atom is -0.289 e. The van der Waals surface area contributed by atoms with Crippen LogP contribution >= 0.6 is 0 Å². The Balaban J connectivity index is 2.24. The quantitative estimate of drug-likeness (QED) is 0.652. The molecule has 94 valence electrons. The van der Waals surface area contributed by atoms with Gasteiger partial charge in [-0.05, 0) is 17.5 Å². The van der Waals surface area contributed by atoms with Crippen molar-refractivity contribution < 1.29 is 4.79 Å². The van der Waals surface area contributed by atoms with Crippen LogP contribution in [-0.4, -0.2) is 5.78 Å². The molecule has 3 aromatic carbocycles. The van der Waals surface area contributed by atoms with Crippen LogP contribution in [0.1, 0.15) is 21.5 Å². The maximum absolute atomic E-state index is 12.6. The average Bonchev–Trinajstić information content (AvgIpc) is 2.54. The first-order chi connectivity index (χ1) is 9.81. The molecule has 0 fully saturated rings. The number of carbonyl (C=O) groups is 1. The molecule has 0 aromatic heterocycles. The second kappa shape index (κ2) is 4.99. The molecule has 0 aliphatic heterocycles. The minimum atomic E-state index is -0.0220. The van der Waals surface area contributed by atoms with Crippen molar-refractivity contribution in [1.29, 1.82) is 5.26 Å². The van der Waals surface area contributed by atoms with Gasteiger partial charge in [-0.15, -0.1) is 0 Å². The Morgan fingerprint density at radius 3 is 2.15 bits per heavy atom. The molecule has 0 aliphatic rings. The molecule has 0 unspecified atom stereocenters. The molecule has 2 heteroatoms. The fraction of sp³-hybridized carbons (Fsp3) is 0. The van der Waals surface area contributed by atoms with Gasteiger partial charge in [0.25, 0.3) is 0 Å². The normalized spacial score (nSPS) is 10.2. The summed E-state index contributed by atoms with van der Waals surface area (Å²) in [7, 11) is 0. The van der Waals surface area contributed by atoms with Crippen molar-refractivity contribution in [3.05, 3.63) is 83.4 Å². The molecule has 0 aliphatic carbocycles. The van der Waals surface area contributed by atoms with Gasteiger partial charge in [0.05, 0.1) is 11.6 Å². The zero-order chi connectivity index (χ0) is 13.9. The molecule has 2 nitrogen and oxygen atoms in total. The molecule has 0 bridgehead atoms. The van der Waals surface area contributed by atoms with Gasteiger partial charge < -0.3 is 0 Å². The van der Waals surface area contributed by atoms with E-state index < -0.39 is 0 Å². The van der Waals surface area contributed by atoms with Crippen molar-refractivity contribution in [2.45, 2.75) is 0 Å². The lowest BCUT2D eigenvalue weighted by Gasteiger charge is -2.07. The standard InChI is InChI=1S/C18H11NO/c19-12-14-10-11-17(16-9-5-4-8-15(14)16)18(20)13-6-2-1-3-7-13/h1-11H. The summed E-state index contributed by atoms with van der Waals surface area (Å²) in [4.78, 5) is 12.6. The Labute approximate surface area is 116 Å². The van der Waals surface area contributed by atoms with E-state index in [1.807, 2.05) is 42.5 Å². The van der Waals surface area contributed by atoms with Gasteiger partial charge in [-0.1, -0.05) is 54.6 Å². The molecule has 0 radical (unpaired) electrons. The molecule has 3 aromatic rings. The van der Waals surface area contributed by atoms with Gasteiger partial charge in [-0.25, -0.2) is 0 Å². The summed E-state index contributed by atoms with van der Waals surface area (Å²) in [5, 5.41) is 10.8. The van der Waals surface area contributed by atoms with Crippen LogP contribution in [0.5, 0.6) is 0 Å². The van der Waals surface area contributed by atoms with Gasteiger partial charge in [0.2, 0.25) is 0 Å². The van der Waals surface area contributed by atoms with Gasteiger partial charge in [0.1, 0.15) is 0 Å². The molecule has 0 saturated heterocycles. The molecule has 3 rings (SSSR count). The maximum Gasteiger partial charge on any atom is 0.193 e. The molecule has 20 heavy (non-hydrogen) atoms. The molecule has 0 spiro atoms. The summed E-state index contributed by atoms with van der Waals surface area (Å²) in [5.74, 6) is -0.0220. The van der Waals surface area contributed by atoms with Crippen LogP contribution in [0.2, 0.25) is 0 Å².